The lowest BCUT2D eigenvalue weighted by atomic mass is 10.2. The Balaban J connectivity index is 2.74. The second-order valence-electron chi connectivity index (χ2n) is 2.81. The van der Waals surface area contributed by atoms with Crippen LogP contribution in [-0.2, 0) is 10.0 Å². The van der Waals surface area contributed by atoms with E-state index in [9.17, 15) is 8.42 Å². The van der Waals surface area contributed by atoms with Gasteiger partial charge in [-0.05, 0) is 12.8 Å². The van der Waals surface area contributed by atoms with Crippen molar-refractivity contribution >= 4 is 21.6 Å². The largest absolute Gasteiger partial charge is 0.395 e. The first-order valence-corrected chi connectivity index (χ1v) is 5.92. The van der Waals surface area contributed by atoms with Gasteiger partial charge in [0.2, 0.25) is 10.0 Å². The Hall–Kier alpha value is 0.160. The van der Waals surface area contributed by atoms with Gasteiger partial charge < -0.3 is 5.11 Å². The van der Waals surface area contributed by atoms with Crippen molar-refractivity contribution in [2.24, 2.45) is 0 Å². The number of hydrogen-bond acceptors (Lipinski definition) is 3. The average Bonchev–Trinajstić information content (AvgIpc) is 2.52. The van der Waals surface area contributed by atoms with E-state index in [0.717, 1.165) is 12.8 Å². The highest BCUT2D eigenvalue weighted by atomic mass is 35.5. The third-order valence-electron chi connectivity index (χ3n) is 2.03. The van der Waals surface area contributed by atoms with E-state index in [4.69, 9.17) is 16.7 Å². The van der Waals surface area contributed by atoms with Gasteiger partial charge in [0.15, 0.2) is 0 Å². The van der Waals surface area contributed by atoms with Crippen LogP contribution in [0.3, 0.4) is 0 Å². The maximum Gasteiger partial charge on any atom is 0.228 e. The standard InChI is InChI=1S/C6H12ClNO3S/c7-5-12(10,11)8-3-1-2-6(8)4-9/h6,9H,1-5H2/t6-/m1/s1. The van der Waals surface area contributed by atoms with Gasteiger partial charge in [0.05, 0.1) is 6.61 Å². The summed E-state index contributed by atoms with van der Waals surface area (Å²) in [6.07, 6.45) is 1.54. The summed E-state index contributed by atoms with van der Waals surface area (Å²) in [5, 5.41) is 8.45. The SMILES string of the molecule is O=S(=O)(CCl)N1CCC[C@@H]1CO. The maximum absolute atomic E-state index is 11.3. The summed E-state index contributed by atoms with van der Waals surface area (Å²) in [5.41, 5.74) is 0. The molecule has 1 atom stereocenters. The van der Waals surface area contributed by atoms with Crippen LogP contribution >= 0.6 is 11.6 Å². The smallest absolute Gasteiger partial charge is 0.228 e. The van der Waals surface area contributed by atoms with Crippen molar-refractivity contribution in [2.45, 2.75) is 18.9 Å². The van der Waals surface area contributed by atoms with Crippen LogP contribution in [0.15, 0.2) is 0 Å². The Morgan fingerprint density at radius 3 is 2.75 bits per heavy atom. The van der Waals surface area contributed by atoms with Gasteiger partial charge in [-0.15, -0.1) is 11.6 Å². The summed E-state index contributed by atoms with van der Waals surface area (Å²) < 4.78 is 23.8. The van der Waals surface area contributed by atoms with Crippen LogP contribution in [0.4, 0.5) is 0 Å². The summed E-state index contributed by atoms with van der Waals surface area (Å²) >= 11 is 5.28. The molecule has 72 valence electrons. The summed E-state index contributed by atoms with van der Waals surface area (Å²) in [4.78, 5) is 0. The molecule has 0 bridgehead atoms. The Labute approximate surface area is 77.2 Å². The van der Waals surface area contributed by atoms with Gasteiger partial charge in [-0.3, -0.25) is 0 Å². The highest BCUT2D eigenvalue weighted by Gasteiger charge is 2.32. The highest BCUT2D eigenvalue weighted by Crippen LogP contribution is 2.21. The Bertz CT molecular complexity index is 241. The molecule has 4 nitrogen and oxygen atoms in total. The third-order valence-corrected chi connectivity index (χ3v) is 4.33. The van der Waals surface area contributed by atoms with Crippen molar-refractivity contribution in [1.29, 1.82) is 0 Å². The number of aliphatic hydroxyl groups excluding tert-OH is 1. The molecule has 0 radical (unpaired) electrons. The minimum Gasteiger partial charge on any atom is -0.395 e. The second-order valence-corrected chi connectivity index (χ2v) is 5.32. The van der Waals surface area contributed by atoms with Crippen molar-refractivity contribution in [2.75, 3.05) is 18.4 Å². The van der Waals surface area contributed by atoms with E-state index >= 15 is 0 Å². The summed E-state index contributed by atoms with van der Waals surface area (Å²) in [6.45, 7) is 0.371. The van der Waals surface area contributed by atoms with E-state index in [0.29, 0.717) is 6.54 Å². The number of aliphatic hydroxyl groups is 1. The zero-order valence-electron chi connectivity index (χ0n) is 6.61. The molecule has 0 aromatic rings. The van der Waals surface area contributed by atoms with Crippen LogP contribution in [0.1, 0.15) is 12.8 Å². The van der Waals surface area contributed by atoms with Crippen molar-refractivity contribution in [1.82, 2.24) is 4.31 Å². The Kier molecular flexibility index (Phi) is 3.34. The molecule has 1 N–H and O–H groups in total. The van der Waals surface area contributed by atoms with Gasteiger partial charge in [0, 0.05) is 12.6 Å². The molecule has 1 aliphatic rings. The van der Waals surface area contributed by atoms with Crippen molar-refractivity contribution in [3.05, 3.63) is 0 Å². The molecule has 0 aromatic carbocycles. The fraction of sp³-hybridized carbons (Fsp3) is 1.00. The Morgan fingerprint density at radius 1 is 1.58 bits per heavy atom. The maximum atomic E-state index is 11.3. The van der Waals surface area contributed by atoms with Crippen molar-refractivity contribution < 1.29 is 13.5 Å². The van der Waals surface area contributed by atoms with Crippen LogP contribution in [0.5, 0.6) is 0 Å². The lowest BCUT2D eigenvalue weighted by molar-refractivity contribution is 0.214. The molecule has 1 heterocycles. The number of hydrogen-bond donors (Lipinski definition) is 1. The Morgan fingerprint density at radius 2 is 2.25 bits per heavy atom. The molecule has 12 heavy (non-hydrogen) atoms. The molecule has 1 fully saturated rings. The van der Waals surface area contributed by atoms with E-state index < -0.39 is 15.2 Å². The molecule has 0 aromatic heterocycles. The predicted molar refractivity (Wildman–Crippen MR) is 46.5 cm³/mol. The minimum atomic E-state index is -3.32. The van der Waals surface area contributed by atoms with Crippen LogP contribution in [0, 0.1) is 0 Å². The normalized spacial score (nSPS) is 26.3. The van der Waals surface area contributed by atoms with E-state index in [1.54, 1.807) is 0 Å². The van der Waals surface area contributed by atoms with Crippen molar-refractivity contribution in [3.63, 3.8) is 0 Å². The molecule has 1 aliphatic heterocycles. The summed E-state index contributed by atoms with van der Waals surface area (Å²) in [7, 11) is -3.32. The first-order chi connectivity index (χ1) is 5.61. The van der Waals surface area contributed by atoms with Gasteiger partial charge in [-0.1, -0.05) is 0 Å². The summed E-state index contributed by atoms with van der Waals surface area (Å²) in [5.74, 6) is 0. The molecule has 1 saturated heterocycles. The van der Waals surface area contributed by atoms with Gasteiger partial charge in [-0.25, -0.2) is 8.42 Å². The zero-order valence-corrected chi connectivity index (χ0v) is 8.18. The number of halogens is 1. The molecule has 6 heteroatoms. The molecular formula is C6H12ClNO3S. The lowest BCUT2D eigenvalue weighted by Gasteiger charge is -2.20. The average molecular weight is 214 g/mol. The molecule has 0 aliphatic carbocycles. The fourth-order valence-electron chi connectivity index (χ4n) is 1.42. The first kappa shape index (κ1) is 10.2. The quantitative estimate of drug-likeness (QED) is 0.670. The van der Waals surface area contributed by atoms with Crippen LogP contribution in [0.25, 0.3) is 0 Å². The molecule has 0 spiro atoms. The molecule has 0 amide bonds. The molecule has 0 unspecified atom stereocenters. The summed E-state index contributed by atoms with van der Waals surface area (Å²) in [6, 6.07) is -0.256. The lowest BCUT2D eigenvalue weighted by Crippen LogP contribution is -2.38. The minimum absolute atomic E-state index is 0.115. The van der Waals surface area contributed by atoms with Gasteiger partial charge in [-0.2, -0.15) is 4.31 Å². The number of rotatable bonds is 3. The zero-order chi connectivity index (χ0) is 9.19. The third kappa shape index (κ3) is 1.90. The van der Waals surface area contributed by atoms with Gasteiger partial charge in [0.1, 0.15) is 5.21 Å². The van der Waals surface area contributed by atoms with Crippen molar-refractivity contribution in [3.8, 4) is 0 Å². The number of nitrogens with zero attached hydrogens (tertiary/aromatic N) is 1. The van der Waals surface area contributed by atoms with Crippen LogP contribution < -0.4 is 0 Å². The van der Waals surface area contributed by atoms with Gasteiger partial charge in [0.25, 0.3) is 0 Å². The predicted octanol–water partition coefficient (Wildman–Crippen LogP) is -0.0308. The number of alkyl halides is 1. The monoisotopic (exact) mass is 213 g/mol. The van der Waals surface area contributed by atoms with E-state index in [-0.39, 0.29) is 12.6 Å². The molecule has 0 saturated carbocycles. The van der Waals surface area contributed by atoms with E-state index in [2.05, 4.69) is 0 Å². The van der Waals surface area contributed by atoms with E-state index in [1.807, 2.05) is 0 Å². The molecule has 1 rings (SSSR count). The van der Waals surface area contributed by atoms with E-state index in [1.165, 1.54) is 4.31 Å². The van der Waals surface area contributed by atoms with Crippen LogP contribution in [0.2, 0.25) is 0 Å². The van der Waals surface area contributed by atoms with Crippen LogP contribution in [-0.4, -0.2) is 42.2 Å². The molecular weight excluding hydrogens is 202 g/mol. The fourth-order valence-corrected chi connectivity index (χ4v) is 2.96. The highest BCUT2D eigenvalue weighted by molar-refractivity contribution is 7.90. The van der Waals surface area contributed by atoms with Gasteiger partial charge >= 0.3 is 0 Å². The second kappa shape index (κ2) is 3.91. The topological polar surface area (TPSA) is 57.6 Å². The number of sulfonamides is 1. The first-order valence-electron chi connectivity index (χ1n) is 3.78.